The van der Waals surface area contributed by atoms with Crippen molar-refractivity contribution in [1.29, 1.82) is 0 Å². The average molecular weight is 369 g/mol. The predicted octanol–water partition coefficient (Wildman–Crippen LogP) is 2.09. The lowest BCUT2D eigenvalue weighted by molar-refractivity contribution is 0.0947. The van der Waals surface area contributed by atoms with Crippen LogP contribution in [-0.4, -0.2) is 25.7 Å². The van der Waals surface area contributed by atoms with Gasteiger partial charge in [-0.05, 0) is 30.7 Å². The third-order valence-electron chi connectivity index (χ3n) is 4.18. The van der Waals surface area contributed by atoms with Gasteiger partial charge in [-0.2, -0.15) is 0 Å². The van der Waals surface area contributed by atoms with E-state index in [0.717, 1.165) is 17.7 Å². The molecule has 0 aliphatic carbocycles. The molecule has 0 radical (unpaired) electrons. The maximum Gasteiger partial charge on any atom is 0.277 e. The van der Waals surface area contributed by atoms with E-state index in [4.69, 9.17) is 0 Å². The number of carbonyl (C=O) groups excluding carboxylic acids is 1. The van der Waals surface area contributed by atoms with E-state index >= 15 is 0 Å². The molecule has 0 spiro atoms. The van der Waals surface area contributed by atoms with Gasteiger partial charge >= 0.3 is 0 Å². The molecule has 0 unspecified atom stereocenters. The van der Waals surface area contributed by atoms with Crippen LogP contribution in [0.25, 0.3) is 16.6 Å². The van der Waals surface area contributed by atoms with Gasteiger partial charge in [-0.1, -0.05) is 17.3 Å². The molecule has 0 atom stereocenters. The summed E-state index contributed by atoms with van der Waals surface area (Å²) in [7, 11) is 0. The third-order valence-corrected chi connectivity index (χ3v) is 4.18. The van der Waals surface area contributed by atoms with Crippen LogP contribution in [0.1, 0.15) is 21.6 Å². The van der Waals surface area contributed by atoms with E-state index in [-0.39, 0.29) is 23.3 Å². The SMILES string of the molecule is Cc1ccc2c(c1)[nH]c(=O)c1c(C(=O)NCc3ccc(F)cc3F)nnn12. The minimum absolute atomic E-state index is 0.0107. The zero-order valence-electron chi connectivity index (χ0n) is 14.1. The van der Waals surface area contributed by atoms with Crippen molar-refractivity contribution >= 4 is 22.5 Å². The van der Waals surface area contributed by atoms with Crippen LogP contribution in [0.4, 0.5) is 8.78 Å². The number of rotatable bonds is 3. The second-order valence-corrected chi connectivity index (χ2v) is 6.09. The van der Waals surface area contributed by atoms with Crippen LogP contribution in [-0.2, 0) is 6.54 Å². The maximum absolute atomic E-state index is 13.7. The van der Waals surface area contributed by atoms with Crippen molar-refractivity contribution < 1.29 is 13.6 Å². The molecule has 2 N–H and O–H groups in total. The van der Waals surface area contributed by atoms with Gasteiger partial charge in [-0.3, -0.25) is 9.59 Å². The second-order valence-electron chi connectivity index (χ2n) is 6.09. The quantitative estimate of drug-likeness (QED) is 0.578. The molecular formula is C18H13F2N5O2. The van der Waals surface area contributed by atoms with Crippen molar-refractivity contribution in [3.05, 3.63) is 75.2 Å². The number of aromatic amines is 1. The van der Waals surface area contributed by atoms with Crippen LogP contribution in [0.2, 0.25) is 0 Å². The number of carbonyl (C=O) groups is 1. The first kappa shape index (κ1) is 16.8. The summed E-state index contributed by atoms with van der Waals surface area (Å²) in [5.74, 6) is -2.17. The van der Waals surface area contributed by atoms with Crippen LogP contribution in [0, 0.1) is 18.6 Å². The predicted molar refractivity (Wildman–Crippen MR) is 93.4 cm³/mol. The van der Waals surface area contributed by atoms with Crippen LogP contribution < -0.4 is 10.9 Å². The number of benzene rings is 2. The van der Waals surface area contributed by atoms with Gasteiger partial charge in [0.2, 0.25) is 0 Å². The standard InChI is InChI=1S/C18H13F2N5O2/c1-9-2-5-14-13(6-9)22-18(27)16-15(23-24-25(14)16)17(26)21-8-10-3-4-11(19)7-12(10)20/h2-7H,8H2,1H3,(H,21,26)(H,22,27). The normalized spacial score (nSPS) is 11.2. The van der Waals surface area contributed by atoms with Crippen LogP contribution in [0.3, 0.4) is 0 Å². The van der Waals surface area contributed by atoms with Gasteiger partial charge < -0.3 is 10.3 Å². The maximum atomic E-state index is 13.7. The number of hydrogen-bond acceptors (Lipinski definition) is 4. The Labute approximate surface area is 150 Å². The molecule has 4 aromatic rings. The molecule has 27 heavy (non-hydrogen) atoms. The molecule has 0 saturated heterocycles. The fourth-order valence-electron chi connectivity index (χ4n) is 2.85. The molecule has 0 fully saturated rings. The largest absolute Gasteiger partial charge is 0.346 e. The molecule has 0 bridgehead atoms. The molecule has 9 heteroatoms. The molecule has 2 heterocycles. The number of fused-ring (bicyclic) bond motifs is 3. The zero-order valence-corrected chi connectivity index (χ0v) is 14.1. The molecule has 2 aromatic heterocycles. The number of nitrogens with one attached hydrogen (secondary N) is 2. The molecular weight excluding hydrogens is 356 g/mol. The third kappa shape index (κ3) is 2.92. The van der Waals surface area contributed by atoms with Gasteiger partial charge in [0.05, 0.1) is 11.0 Å². The summed E-state index contributed by atoms with van der Waals surface area (Å²) in [6.45, 7) is 1.70. The summed E-state index contributed by atoms with van der Waals surface area (Å²) in [6, 6.07) is 8.45. The van der Waals surface area contributed by atoms with Crippen molar-refractivity contribution in [1.82, 2.24) is 25.1 Å². The van der Waals surface area contributed by atoms with E-state index < -0.39 is 23.1 Å². The molecule has 0 aliphatic heterocycles. The molecule has 0 aliphatic rings. The first-order valence-corrected chi connectivity index (χ1v) is 8.04. The van der Waals surface area contributed by atoms with Gasteiger partial charge in [-0.15, -0.1) is 5.10 Å². The fraction of sp³-hybridized carbons (Fsp3) is 0.111. The summed E-state index contributed by atoms with van der Waals surface area (Å²) < 4.78 is 27.9. The number of aromatic nitrogens is 4. The highest BCUT2D eigenvalue weighted by Gasteiger charge is 2.20. The number of amides is 1. The van der Waals surface area contributed by atoms with E-state index in [2.05, 4.69) is 20.6 Å². The van der Waals surface area contributed by atoms with E-state index in [1.54, 1.807) is 12.1 Å². The first-order valence-electron chi connectivity index (χ1n) is 8.04. The Morgan fingerprint density at radius 3 is 2.81 bits per heavy atom. The van der Waals surface area contributed by atoms with Gasteiger partial charge in [0.1, 0.15) is 11.6 Å². The molecule has 4 rings (SSSR count). The van der Waals surface area contributed by atoms with E-state index in [1.165, 1.54) is 10.6 Å². The highest BCUT2D eigenvalue weighted by atomic mass is 19.1. The van der Waals surface area contributed by atoms with Gasteiger partial charge in [0.25, 0.3) is 11.5 Å². The lowest BCUT2D eigenvalue weighted by Crippen LogP contribution is -2.25. The van der Waals surface area contributed by atoms with Gasteiger partial charge in [0, 0.05) is 18.2 Å². The van der Waals surface area contributed by atoms with Crippen LogP contribution in [0.15, 0.2) is 41.2 Å². The minimum atomic E-state index is -0.776. The summed E-state index contributed by atoms with van der Waals surface area (Å²) >= 11 is 0. The monoisotopic (exact) mass is 369 g/mol. The highest BCUT2D eigenvalue weighted by molar-refractivity contribution is 5.99. The second kappa shape index (κ2) is 6.27. The fourth-order valence-corrected chi connectivity index (χ4v) is 2.85. The lowest BCUT2D eigenvalue weighted by Gasteiger charge is -2.05. The van der Waals surface area contributed by atoms with Crippen LogP contribution in [0.5, 0.6) is 0 Å². The van der Waals surface area contributed by atoms with Crippen molar-refractivity contribution in [2.45, 2.75) is 13.5 Å². The molecule has 1 amide bonds. The number of aryl methyl sites for hydroxylation is 1. The molecule has 7 nitrogen and oxygen atoms in total. The molecule has 0 saturated carbocycles. The minimum Gasteiger partial charge on any atom is -0.346 e. The summed E-state index contributed by atoms with van der Waals surface area (Å²) in [6.07, 6.45) is 0. The van der Waals surface area contributed by atoms with E-state index in [1.807, 2.05) is 13.0 Å². The zero-order chi connectivity index (χ0) is 19.1. The Hall–Kier alpha value is -3.62. The van der Waals surface area contributed by atoms with Crippen molar-refractivity contribution in [3.63, 3.8) is 0 Å². The smallest absolute Gasteiger partial charge is 0.277 e. The van der Waals surface area contributed by atoms with E-state index in [9.17, 15) is 18.4 Å². The Morgan fingerprint density at radius 1 is 1.22 bits per heavy atom. The number of H-pyrrole nitrogens is 1. The summed E-state index contributed by atoms with van der Waals surface area (Å²) in [4.78, 5) is 27.6. The summed E-state index contributed by atoms with van der Waals surface area (Å²) in [5.41, 5.74) is 1.51. The molecule has 136 valence electrons. The Kier molecular flexibility index (Phi) is 3.91. The number of nitrogens with zero attached hydrogens (tertiary/aromatic N) is 3. The lowest BCUT2D eigenvalue weighted by atomic mass is 10.2. The average Bonchev–Trinajstić information content (AvgIpc) is 3.06. The topological polar surface area (TPSA) is 92.1 Å². The van der Waals surface area contributed by atoms with Gasteiger partial charge in [0.15, 0.2) is 11.2 Å². The van der Waals surface area contributed by atoms with Crippen molar-refractivity contribution in [3.8, 4) is 0 Å². The molecule has 2 aromatic carbocycles. The Balaban J connectivity index is 1.70. The van der Waals surface area contributed by atoms with Crippen molar-refractivity contribution in [2.75, 3.05) is 0 Å². The number of hydrogen-bond donors (Lipinski definition) is 2. The Morgan fingerprint density at radius 2 is 2.04 bits per heavy atom. The summed E-state index contributed by atoms with van der Waals surface area (Å²) in [5, 5.41) is 10.2. The number of halogens is 2. The van der Waals surface area contributed by atoms with Crippen LogP contribution >= 0.6 is 0 Å². The van der Waals surface area contributed by atoms with E-state index in [0.29, 0.717) is 11.0 Å². The van der Waals surface area contributed by atoms with Gasteiger partial charge in [-0.25, -0.2) is 13.3 Å². The Bertz CT molecular complexity index is 1260. The first-order chi connectivity index (χ1) is 12.9. The van der Waals surface area contributed by atoms with Crippen molar-refractivity contribution in [2.24, 2.45) is 0 Å². The highest BCUT2D eigenvalue weighted by Crippen LogP contribution is 2.15.